The molecule has 2 aromatic rings. The number of anilines is 1. The molecule has 25 heavy (non-hydrogen) atoms. The maximum atomic E-state index is 12.2. The number of nitrogens with one attached hydrogen (secondary N) is 2. The van der Waals surface area contributed by atoms with Crippen molar-refractivity contribution in [3.63, 3.8) is 0 Å². The normalized spacial score (nSPS) is 18.7. The third-order valence-corrected chi connectivity index (χ3v) is 4.65. The Morgan fingerprint density at radius 3 is 2.56 bits per heavy atom. The summed E-state index contributed by atoms with van der Waals surface area (Å²) in [5.41, 5.74) is 3.34. The lowest BCUT2D eigenvalue weighted by Gasteiger charge is -2.08. The van der Waals surface area contributed by atoms with E-state index in [9.17, 15) is 9.59 Å². The van der Waals surface area contributed by atoms with Gasteiger partial charge in [0.1, 0.15) is 0 Å². The Morgan fingerprint density at radius 2 is 1.92 bits per heavy atom. The van der Waals surface area contributed by atoms with E-state index in [1.807, 2.05) is 48.9 Å². The van der Waals surface area contributed by atoms with Gasteiger partial charge in [-0.05, 0) is 38.3 Å². The molecule has 1 aromatic carbocycles. The molecular weight excluding hydrogens is 316 g/mol. The zero-order chi connectivity index (χ0) is 18.0. The van der Waals surface area contributed by atoms with Crippen LogP contribution in [0.4, 0.5) is 5.69 Å². The molecule has 0 saturated heterocycles. The summed E-state index contributed by atoms with van der Waals surface area (Å²) in [4.78, 5) is 24.0. The average molecular weight is 340 g/mol. The Labute approximate surface area is 147 Å². The summed E-state index contributed by atoms with van der Waals surface area (Å²) in [6.07, 6.45) is 1.21. The fourth-order valence-electron chi connectivity index (χ4n) is 2.96. The minimum atomic E-state index is -0.122. The predicted molar refractivity (Wildman–Crippen MR) is 96.6 cm³/mol. The number of hydrogen-bond donors (Lipinski definition) is 2. The van der Waals surface area contributed by atoms with E-state index in [0.717, 1.165) is 29.2 Å². The Hall–Kier alpha value is -2.63. The highest BCUT2D eigenvalue weighted by molar-refractivity contribution is 5.92. The lowest BCUT2D eigenvalue weighted by molar-refractivity contribution is -0.122. The summed E-state index contributed by atoms with van der Waals surface area (Å²) in [7, 11) is 0. The van der Waals surface area contributed by atoms with Gasteiger partial charge < -0.3 is 10.6 Å². The van der Waals surface area contributed by atoms with Gasteiger partial charge in [-0.1, -0.05) is 25.1 Å². The van der Waals surface area contributed by atoms with Crippen molar-refractivity contribution in [3.05, 3.63) is 41.7 Å². The first-order valence-electron chi connectivity index (χ1n) is 8.66. The molecule has 1 aromatic heterocycles. The van der Waals surface area contributed by atoms with Crippen LogP contribution in [0.2, 0.25) is 0 Å². The molecule has 0 aliphatic heterocycles. The van der Waals surface area contributed by atoms with Crippen LogP contribution in [0.25, 0.3) is 5.69 Å². The van der Waals surface area contributed by atoms with Gasteiger partial charge in [-0.15, -0.1) is 0 Å². The van der Waals surface area contributed by atoms with Crippen molar-refractivity contribution >= 4 is 17.5 Å². The molecule has 1 aliphatic rings. The highest BCUT2D eigenvalue weighted by atomic mass is 16.2. The molecule has 2 amide bonds. The van der Waals surface area contributed by atoms with Crippen LogP contribution in [0, 0.1) is 25.7 Å². The van der Waals surface area contributed by atoms with Gasteiger partial charge in [0, 0.05) is 18.9 Å². The van der Waals surface area contributed by atoms with Crippen molar-refractivity contribution in [2.24, 2.45) is 11.8 Å². The molecule has 0 spiro atoms. The van der Waals surface area contributed by atoms with Crippen molar-refractivity contribution in [1.82, 2.24) is 15.1 Å². The van der Waals surface area contributed by atoms with E-state index in [0.29, 0.717) is 12.5 Å². The molecule has 0 radical (unpaired) electrons. The minimum Gasteiger partial charge on any atom is -0.355 e. The predicted octanol–water partition coefficient (Wildman–Crippen LogP) is 2.59. The van der Waals surface area contributed by atoms with Gasteiger partial charge in [-0.2, -0.15) is 5.10 Å². The SMILES string of the molecule is Cc1nn(-c2ccccc2)c(C)c1NC(=O)CCNC(=O)[C@@H]1C[C@H]1C. The molecule has 132 valence electrons. The van der Waals surface area contributed by atoms with Crippen LogP contribution < -0.4 is 10.6 Å². The second kappa shape index (κ2) is 7.09. The average Bonchev–Trinajstić information content (AvgIpc) is 3.27. The Morgan fingerprint density at radius 1 is 1.24 bits per heavy atom. The van der Waals surface area contributed by atoms with Crippen LogP contribution in [-0.2, 0) is 9.59 Å². The quantitative estimate of drug-likeness (QED) is 0.849. The van der Waals surface area contributed by atoms with Gasteiger partial charge in [-0.25, -0.2) is 4.68 Å². The van der Waals surface area contributed by atoms with E-state index in [4.69, 9.17) is 0 Å². The maximum Gasteiger partial charge on any atom is 0.226 e. The first-order chi connectivity index (χ1) is 12.0. The van der Waals surface area contributed by atoms with E-state index < -0.39 is 0 Å². The molecule has 6 nitrogen and oxygen atoms in total. The van der Waals surface area contributed by atoms with Gasteiger partial charge in [0.2, 0.25) is 11.8 Å². The fourth-order valence-corrected chi connectivity index (χ4v) is 2.96. The second-order valence-corrected chi connectivity index (χ2v) is 6.70. The van der Waals surface area contributed by atoms with Crippen molar-refractivity contribution in [2.75, 3.05) is 11.9 Å². The third kappa shape index (κ3) is 3.90. The smallest absolute Gasteiger partial charge is 0.226 e. The van der Waals surface area contributed by atoms with Crippen LogP contribution in [0.15, 0.2) is 30.3 Å². The number of amides is 2. The highest BCUT2D eigenvalue weighted by Gasteiger charge is 2.38. The molecule has 6 heteroatoms. The molecule has 3 rings (SSSR count). The van der Waals surface area contributed by atoms with Crippen LogP contribution in [-0.4, -0.2) is 28.1 Å². The summed E-state index contributed by atoms with van der Waals surface area (Å²) in [5.74, 6) is 0.548. The molecule has 1 aliphatic carbocycles. The van der Waals surface area contributed by atoms with Gasteiger partial charge in [0.05, 0.1) is 22.8 Å². The second-order valence-electron chi connectivity index (χ2n) is 6.70. The summed E-state index contributed by atoms with van der Waals surface area (Å²) in [6, 6.07) is 9.80. The molecule has 2 atom stereocenters. The highest BCUT2D eigenvalue weighted by Crippen LogP contribution is 2.37. The summed E-state index contributed by atoms with van der Waals surface area (Å²) in [5, 5.41) is 10.3. The molecule has 0 bridgehead atoms. The first kappa shape index (κ1) is 17.2. The molecule has 2 N–H and O–H groups in total. The van der Waals surface area contributed by atoms with Crippen LogP contribution >= 0.6 is 0 Å². The molecule has 1 heterocycles. The number of hydrogen-bond acceptors (Lipinski definition) is 3. The summed E-state index contributed by atoms with van der Waals surface area (Å²) < 4.78 is 1.82. The van der Waals surface area contributed by atoms with E-state index in [1.54, 1.807) is 0 Å². The number of carbonyl (C=O) groups is 2. The Balaban J connectivity index is 1.58. The number of carbonyl (C=O) groups excluding carboxylic acids is 2. The number of aromatic nitrogens is 2. The summed E-state index contributed by atoms with van der Waals surface area (Å²) >= 11 is 0. The Bertz CT molecular complexity index is 782. The first-order valence-corrected chi connectivity index (χ1v) is 8.66. The largest absolute Gasteiger partial charge is 0.355 e. The van der Waals surface area contributed by atoms with Gasteiger partial charge >= 0.3 is 0 Å². The molecule has 1 saturated carbocycles. The number of benzene rings is 1. The monoisotopic (exact) mass is 340 g/mol. The third-order valence-electron chi connectivity index (χ3n) is 4.65. The van der Waals surface area contributed by atoms with E-state index >= 15 is 0 Å². The zero-order valence-electron chi connectivity index (χ0n) is 14.9. The van der Waals surface area contributed by atoms with Gasteiger partial charge in [0.15, 0.2) is 0 Å². The lowest BCUT2D eigenvalue weighted by atomic mass is 10.2. The standard InChI is InChI=1S/C19H24N4O2/c1-12-11-16(12)19(25)20-10-9-17(24)21-18-13(2)22-23(14(18)3)15-7-5-4-6-8-15/h4-8,12,16H,9-11H2,1-3H3,(H,20,25)(H,21,24)/t12-,16-/m1/s1. The van der Waals surface area contributed by atoms with Crippen LogP contribution in [0.3, 0.4) is 0 Å². The van der Waals surface area contributed by atoms with Crippen molar-refractivity contribution in [1.29, 1.82) is 0 Å². The van der Waals surface area contributed by atoms with Crippen molar-refractivity contribution in [3.8, 4) is 5.69 Å². The summed E-state index contributed by atoms with van der Waals surface area (Å²) in [6.45, 7) is 6.23. The van der Waals surface area contributed by atoms with Crippen molar-refractivity contribution in [2.45, 2.75) is 33.6 Å². The molecular formula is C19H24N4O2. The number of para-hydroxylation sites is 1. The number of rotatable bonds is 6. The van der Waals surface area contributed by atoms with Crippen LogP contribution in [0.1, 0.15) is 31.2 Å². The van der Waals surface area contributed by atoms with E-state index in [2.05, 4.69) is 22.7 Å². The minimum absolute atomic E-state index is 0.0598. The maximum absolute atomic E-state index is 12.2. The molecule has 0 unspecified atom stereocenters. The van der Waals surface area contributed by atoms with E-state index in [-0.39, 0.29) is 24.2 Å². The van der Waals surface area contributed by atoms with Gasteiger partial charge in [-0.3, -0.25) is 9.59 Å². The zero-order valence-corrected chi connectivity index (χ0v) is 14.9. The Kier molecular flexibility index (Phi) is 4.88. The fraction of sp³-hybridized carbons (Fsp3) is 0.421. The molecule has 1 fully saturated rings. The van der Waals surface area contributed by atoms with E-state index in [1.165, 1.54) is 0 Å². The van der Waals surface area contributed by atoms with Crippen LogP contribution in [0.5, 0.6) is 0 Å². The topological polar surface area (TPSA) is 76.0 Å². The van der Waals surface area contributed by atoms with Gasteiger partial charge in [0.25, 0.3) is 0 Å². The van der Waals surface area contributed by atoms with Crippen molar-refractivity contribution < 1.29 is 9.59 Å². The number of aryl methyl sites for hydroxylation is 1. The number of nitrogens with zero attached hydrogens (tertiary/aromatic N) is 2. The lowest BCUT2D eigenvalue weighted by Crippen LogP contribution is -2.29.